The van der Waals surface area contributed by atoms with E-state index >= 15 is 0 Å². The van der Waals surface area contributed by atoms with E-state index in [1.807, 2.05) is 20.8 Å². The minimum Gasteiger partial charge on any atom is -0.460 e. The Kier molecular flexibility index (Phi) is 5.51. The summed E-state index contributed by atoms with van der Waals surface area (Å²) in [6.45, 7) is 13.1. The van der Waals surface area contributed by atoms with Gasteiger partial charge in [0.25, 0.3) is 0 Å². The molecule has 1 N–H and O–H groups in total. The van der Waals surface area contributed by atoms with Gasteiger partial charge in [-0.25, -0.2) is 0 Å². The SMILES string of the molecule is Cc1cc(C)c(CN[C@H]2CCC[C@H]2C(=O)OC(C)(C)C)c(C)c1. The molecule has 1 aromatic carbocycles. The standard InChI is InChI=1S/C20H31NO2/c1-13-10-14(2)17(15(3)11-13)12-21-18-9-7-8-16(18)19(22)23-20(4,5)6/h10-11,16,18,21H,7-9,12H2,1-6H3/t16-,18+/m1/s1. The first kappa shape index (κ1) is 18.0. The number of hydrogen-bond acceptors (Lipinski definition) is 3. The van der Waals surface area contributed by atoms with Gasteiger partial charge in [-0.2, -0.15) is 0 Å². The second-order valence-corrected chi connectivity index (χ2v) is 7.94. The first-order valence-corrected chi connectivity index (χ1v) is 8.70. The molecule has 0 spiro atoms. The van der Waals surface area contributed by atoms with Gasteiger partial charge in [-0.3, -0.25) is 4.79 Å². The minimum absolute atomic E-state index is 0.0136. The van der Waals surface area contributed by atoms with Crippen LogP contribution in [0.1, 0.15) is 62.3 Å². The molecule has 1 aliphatic rings. The molecule has 1 saturated carbocycles. The van der Waals surface area contributed by atoms with E-state index < -0.39 is 5.60 Å². The molecule has 1 fully saturated rings. The first-order chi connectivity index (χ1) is 10.7. The van der Waals surface area contributed by atoms with Gasteiger partial charge in [0.1, 0.15) is 5.60 Å². The van der Waals surface area contributed by atoms with Crippen LogP contribution in [-0.2, 0) is 16.1 Å². The molecule has 1 aliphatic carbocycles. The molecular weight excluding hydrogens is 286 g/mol. The maximum atomic E-state index is 12.4. The van der Waals surface area contributed by atoms with Crippen LogP contribution in [0.4, 0.5) is 0 Å². The lowest BCUT2D eigenvalue weighted by Gasteiger charge is -2.26. The second kappa shape index (κ2) is 7.04. The predicted molar refractivity (Wildman–Crippen MR) is 94.5 cm³/mol. The number of ether oxygens (including phenoxy) is 1. The zero-order chi connectivity index (χ0) is 17.2. The third-order valence-corrected chi connectivity index (χ3v) is 4.61. The highest BCUT2D eigenvalue weighted by atomic mass is 16.6. The molecule has 3 heteroatoms. The third kappa shape index (κ3) is 4.81. The van der Waals surface area contributed by atoms with Crippen molar-refractivity contribution in [2.45, 2.75) is 79.0 Å². The lowest BCUT2D eigenvalue weighted by Crippen LogP contribution is -2.39. The molecule has 0 unspecified atom stereocenters. The largest absolute Gasteiger partial charge is 0.460 e. The quantitative estimate of drug-likeness (QED) is 0.845. The molecule has 0 aliphatic heterocycles. The van der Waals surface area contributed by atoms with Gasteiger partial charge in [-0.15, -0.1) is 0 Å². The van der Waals surface area contributed by atoms with E-state index in [0.29, 0.717) is 0 Å². The Morgan fingerprint density at radius 1 is 1.17 bits per heavy atom. The number of nitrogens with one attached hydrogen (secondary N) is 1. The van der Waals surface area contributed by atoms with Gasteiger partial charge in [0, 0.05) is 12.6 Å². The van der Waals surface area contributed by atoms with Gasteiger partial charge in [0.2, 0.25) is 0 Å². The summed E-state index contributed by atoms with van der Waals surface area (Å²) in [5.74, 6) is -0.0647. The van der Waals surface area contributed by atoms with Gasteiger partial charge in [-0.1, -0.05) is 24.1 Å². The molecular formula is C20H31NO2. The fraction of sp³-hybridized carbons (Fsp3) is 0.650. The summed E-state index contributed by atoms with van der Waals surface area (Å²) in [4.78, 5) is 12.4. The molecule has 0 amide bonds. The zero-order valence-electron chi connectivity index (χ0n) is 15.5. The maximum Gasteiger partial charge on any atom is 0.311 e. The van der Waals surface area contributed by atoms with Crippen molar-refractivity contribution < 1.29 is 9.53 Å². The Hall–Kier alpha value is -1.35. The molecule has 0 radical (unpaired) electrons. The molecule has 0 heterocycles. The molecule has 2 rings (SSSR count). The topological polar surface area (TPSA) is 38.3 Å². The van der Waals surface area contributed by atoms with Gasteiger partial charge in [0.15, 0.2) is 0 Å². The molecule has 0 saturated heterocycles. The van der Waals surface area contributed by atoms with E-state index in [1.54, 1.807) is 0 Å². The Morgan fingerprint density at radius 2 is 1.78 bits per heavy atom. The first-order valence-electron chi connectivity index (χ1n) is 8.70. The average Bonchev–Trinajstić information content (AvgIpc) is 2.83. The Bertz CT molecular complexity index is 548. The van der Waals surface area contributed by atoms with Gasteiger partial charge in [0.05, 0.1) is 5.92 Å². The van der Waals surface area contributed by atoms with Crippen molar-refractivity contribution in [2.24, 2.45) is 5.92 Å². The Labute approximate surface area is 140 Å². The lowest BCUT2D eigenvalue weighted by molar-refractivity contribution is -0.160. The third-order valence-electron chi connectivity index (χ3n) is 4.61. The van der Waals surface area contributed by atoms with Crippen molar-refractivity contribution in [3.63, 3.8) is 0 Å². The summed E-state index contributed by atoms with van der Waals surface area (Å²) in [5.41, 5.74) is 4.89. The monoisotopic (exact) mass is 317 g/mol. The van der Waals surface area contributed by atoms with Crippen LogP contribution >= 0.6 is 0 Å². The van der Waals surface area contributed by atoms with Gasteiger partial charge >= 0.3 is 5.97 Å². The number of rotatable bonds is 4. The summed E-state index contributed by atoms with van der Waals surface area (Å²) in [7, 11) is 0. The molecule has 128 valence electrons. The van der Waals surface area contributed by atoms with Gasteiger partial charge < -0.3 is 10.1 Å². The maximum absolute atomic E-state index is 12.4. The average molecular weight is 317 g/mol. The van der Waals surface area contributed by atoms with Crippen molar-refractivity contribution >= 4 is 5.97 Å². The van der Waals surface area contributed by atoms with E-state index in [4.69, 9.17) is 4.74 Å². The fourth-order valence-corrected chi connectivity index (χ4v) is 3.59. The molecule has 1 aromatic rings. The van der Waals surface area contributed by atoms with Crippen LogP contribution in [0.15, 0.2) is 12.1 Å². The van der Waals surface area contributed by atoms with E-state index in [9.17, 15) is 4.79 Å². The molecule has 3 nitrogen and oxygen atoms in total. The normalized spacial score (nSPS) is 21.5. The summed E-state index contributed by atoms with van der Waals surface area (Å²) >= 11 is 0. The van der Waals surface area contributed by atoms with Crippen molar-refractivity contribution in [3.05, 3.63) is 34.4 Å². The van der Waals surface area contributed by atoms with Crippen LogP contribution in [-0.4, -0.2) is 17.6 Å². The molecule has 2 atom stereocenters. The van der Waals surface area contributed by atoms with Crippen LogP contribution in [0.25, 0.3) is 0 Å². The number of esters is 1. The summed E-state index contributed by atoms with van der Waals surface area (Å²) < 4.78 is 5.59. The highest BCUT2D eigenvalue weighted by Gasteiger charge is 2.35. The molecule has 0 bridgehead atoms. The lowest BCUT2D eigenvalue weighted by atomic mass is 9.98. The van der Waals surface area contributed by atoms with Crippen molar-refractivity contribution in [1.29, 1.82) is 0 Å². The number of benzene rings is 1. The Morgan fingerprint density at radius 3 is 2.35 bits per heavy atom. The number of carbonyl (C=O) groups is 1. The van der Waals surface area contributed by atoms with Crippen LogP contribution < -0.4 is 5.32 Å². The predicted octanol–water partition coefficient (Wildman–Crippen LogP) is 4.21. The highest BCUT2D eigenvalue weighted by molar-refractivity contribution is 5.74. The van der Waals surface area contributed by atoms with Crippen molar-refractivity contribution in [1.82, 2.24) is 5.32 Å². The zero-order valence-corrected chi connectivity index (χ0v) is 15.5. The smallest absolute Gasteiger partial charge is 0.311 e. The molecule has 23 heavy (non-hydrogen) atoms. The van der Waals surface area contributed by atoms with E-state index in [1.165, 1.54) is 22.3 Å². The van der Waals surface area contributed by atoms with E-state index in [0.717, 1.165) is 25.8 Å². The van der Waals surface area contributed by atoms with E-state index in [-0.39, 0.29) is 17.9 Å². The van der Waals surface area contributed by atoms with Crippen LogP contribution in [0.3, 0.4) is 0 Å². The summed E-state index contributed by atoms with van der Waals surface area (Å²) in [6.07, 6.45) is 3.07. The summed E-state index contributed by atoms with van der Waals surface area (Å²) in [5, 5.41) is 3.61. The van der Waals surface area contributed by atoms with Crippen molar-refractivity contribution in [2.75, 3.05) is 0 Å². The van der Waals surface area contributed by atoms with Crippen LogP contribution in [0, 0.1) is 26.7 Å². The molecule has 0 aromatic heterocycles. The van der Waals surface area contributed by atoms with Gasteiger partial charge in [-0.05, 0) is 71.1 Å². The summed E-state index contributed by atoms with van der Waals surface area (Å²) in [6, 6.07) is 4.68. The number of hydrogen-bond donors (Lipinski definition) is 1. The highest BCUT2D eigenvalue weighted by Crippen LogP contribution is 2.29. The fourth-order valence-electron chi connectivity index (χ4n) is 3.59. The second-order valence-electron chi connectivity index (χ2n) is 7.94. The van der Waals surface area contributed by atoms with Crippen LogP contribution in [0.5, 0.6) is 0 Å². The van der Waals surface area contributed by atoms with Crippen molar-refractivity contribution in [3.8, 4) is 0 Å². The number of carbonyl (C=O) groups excluding carboxylic acids is 1. The van der Waals surface area contributed by atoms with Crippen LogP contribution in [0.2, 0.25) is 0 Å². The number of aryl methyl sites for hydroxylation is 3. The Balaban J connectivity index is 2.01. The minimum atomic E-state index is -0.408. The van der Waals surface area contributed by atoms with E-state index in [2.05, 4.69) is 38.2 Å².